The van der Waals surface area contributed by atoms with Crippen molar-refractivity contribution < 1.29 is 9.90 Å². The molecular weight excluding hydrogens is 272 g/mol. The van der Waals surface area contributed by atoms with Crippen molar-refractivity contribution in [1.29, 1.82) is 0 Å². The highest BCUT2D eigenvalue weighted by molar-refractivity contribution is 5.75. The van der Waals surface area contributed by atoms with Gasteiger partial charge in [0.2, 0.25) is 0 Å². The lowest BCUT2D eigenvalue weighted by molar-refractivity contribution is -0.181. The van der Waals surface area contributed by atoms with Gasteiger partial charge in [-0.25, -0.2) is 0 Å². The average molecular weight is 302 g/mol. The summed E-state index contributed by atoms with van der Waals surface area (Å²) in [6.07, 6.45) is 10.8. The number of aliphatic carboxylic acids is 1. The molecule has 0 aromatic carbocycles. The van der Waals surface area contributed by atoms with Crippen molar-refractivity contribution in [2.45, 2.75) is 71.6 Å². The number of carboxylic acid groups (broad SMARTS) is 1. The van der Waals surface area contributed by atoms with Crippen molar-refractivity contribution in [3.05, 3.63) is 12.2 Å². The van der Waals surface area contributed by atoms with Crippen LogP contribution in [0.15, 0.2) is 12.2 Å². The van der Waals surface area contributed by atoms with E-state index in [0.717, 1.165) is 31.1 Å². The number of carboxylic acids is 1. The zero-order chi connectivity index (χ0) is 15.8. The molecule has 0 unspecified atom stereocenters. The molecule has 4 rings (SSSR count). The van der Waals surface area contributed by atoms with E-state index in [2.05, 4.69) is 13.5 Å². The van der Waals surface area contributed by atoms with E-state index in [1.54, 1.807) is 0 Å². The number of allylic oxidation sites excluding steroid dienone is 1. The van der Waals surface area contributed by atoms with Gasteiger partial charge in [-0.2, -0.15) is 0 Å². The third-order valence-electron chi connectivity index (χ3n) is 8.54. The lowest BCUT2D eigenvalue weighted by Gasteiger charge is -2.63. The van der Waals surface area contributed by atoms with Crippen LogP contribution in [-0.2, 0) is 4.79 Å². The van der Waals surface area contributed by atoms with Gasteiger partial charge in [0.15, 0.2) is 0 Å². The molecule has 0 aromatic heterocycles. The van der Waals surface area contributed by atoms with E-state index in [4.69, 9.17) is 0 Å². The quantitative estimate of drug-likeness (QED) is 0.689. The van der Waals surface area contributed by atoms with Gasteiger partial charge in [-0.1, -0.05) is 25.5 Å². The standard InChI is InChI=1S/C20H30O2/c1-13-11-20-10-7-15-18(2,16(20)6-5-14(13)12-20)8-4-9-19(15,3)17(21)22/h14-16H,1,4-12H2,2-3H3,(H,21,22)/t14-,15-,16+,18+,19+,20+/m0/s1. The van der Waals surface area contributed by atoms with Crippen molar-refractivity contribution in [3.63, 3.8) is 0 Å². The van der Waals surface area contributed by atoms with Gasteiger partial charge in [-0.3, -0.25) is 4.79 Å². The molecular formula is C20H30O2. The molecule has 1 N–H and O–H groups in total. The number of rotatable bonds is 1. The third-order valence-corrected chi connectivity index (χ3v) is 8.54. The van der Waals surface area contributed by atoms with Gasteiger partial charge in [0, 0.05) is 0 Å². The van der Waals surface area contributed by atoms with Gasteiger partial charge in [-0.05, 0) is 86.9 Å². The molecule has 122 valence electrons. The van der Waals surface area contributed by atoms with E-state index < -0.39 is 11.4 Å². The maximum absolute atomic E-state index is 12.0. The molecule has 0 heterocycles. The van der Waals surface area contributed by atoms with Gasteiger partial charge < -0.3 is 5.11 Å². The number of fused-ring (bicyclic) bond motifs is 3. The molecule has 4 saturated carbocycles. The summed E-state index contributed by atoms with van der Waals surface area (Å²) in [5.74, 6) is 1.32. The number of hydrogen-bond acceptors (Lipinski definition) is 1. The maximum atomic E-state index is 12.0. The zero-order valence-electron chi connectivity index (χ0n) is 14.2. The van der Waals surface area contributed by atoms with Crippen LogP contribution in [0.3, 0.4) is 0 Å². The monoisotopic (exact) mass is 302 g/mol. The van der Waals surface area contributed by atoms with Crippen LogP contribution >= 0.6 is 0 Å². The summed E-state index contributed by atoms with van der Waals surface area (Å²) < 4.78 is 0. The Kier molecular flexibility index (Phi) is 2.95. The zero-order valence-corrected chi connectivity index (χ0v) is 14.2. The van der Waals surface area contributed by atoms with Gasteiger partial charge in [0.25, 0.3) is 0 Å². The predicted molar refractivity (Wildman–Crippen MR) is 87.4 cm³/mol. The fourth-order valence-corrected chi connectivity index (χ4v) is 7.61. The van der Waals surface area contributed by atoms with Crippen molar-refractivity contribution in [2.75, 3.05) is 0 Å². The van der Waals surface area contributed by atoms with E-state index in [0.29, 0.717) is 11.3 Å². The molecule has 2 heteroatoms. The van der Waals surface area contributed by atoms with Crippen LogP contribution in [0.4, 0.5) is 0 Å². The molecule has 4 aliphatic carbocycles. The summed E-state index contributed by atoms with van der Waals surface area (Å²) in [6.45, 7) is 8.86. The first-order valence-electron chi connectivity index (χ1n) is 9.23. The smallest absolute Gasteiger partial charge is 0.309 e. The topological polar surface area (TPSA) is 37.3 Å². The molecule has 0 aliphatic heterocycles. The second-order valence-corrected chi connectivity index (χ2v) is 9.40. The maximum Gasteiger partial charge on any atom is 0.309 e. The SMILES string of the molecule is C=C1C[C@@]23CC[C@H]4[C@@](C)(CCC[C@@]4(C)C(=O)O)[C@H]2CC[C@H]1C3. The summed E-state index contributed by atoms with van der Waals surface area (Å²) in [5, 5.41) is 9.90. The summed E-state index contributed by atoms with van der Waals surface area (Å²) >= 11 is 0. The Morgan fingerprint density at radius 1 is 1.14 bits per heavy atom. The van der Waals surface area contributed by atoms with E-state index in [-0.39, 0.29) is 5.41 Å². The molecule has 4 fully saturated rings. The predicted octanol–water partition coefficient (Wildman–Crippen LogP) is 5.04. The minimum Gasteiger partial charge on any atom is -0.481 e. The minimum atomic E-state index is -0.552. The molecule has 1 spiro atoms. The van der Waals surface area contributed by atoms with Crippen molar-refractivity contribution in [3.8, 4) is 0 Å². The summed E-state index contributed by atoms with van der Waals surface area (Å²) in [6, 6.07) is 0. The third kappa shape index (κ3) is 1.65. The molecule has 0 aromatic rings. The van der Waals surface area contributed by atoms with E-state index in [1.807, 2.05) is 6.92 Å². The Morgan fingerprint density at radius 3 is 2.64 bits per heavy atom. The van der Waals surface area contributed by atoms with Crippen LogP contribution in [0.1, 0.15) is 71.6 Å². The summed E-state index contributed by atoms with van der Waals surface area (Å²) in [4.78, 5) is 12.0. The molecule has 2 bridgehead atoms. The van der Waals surface area contributed by atoms with Gasteiger partial charge in [0.05, 0.1) is 5.41 Å². The van der Waals surface area contributed by atoms with Crippen molar-refractivity contribution in [2.24, 2.45) is 34.0 Å². The Bertz CT molecular complexity index is 538. The summed E-state index contributed by atoms with van der Waals surface area (Å²) in [7, 11) is 0. The molecule has 4 aliphatic rings. The van der Waals surface area contributed by atoms with Crippen molar-refractivity contribution in [1.82, 2.24) is 0 Å². The van der Waals surface area contributed by atoms with Gasteiger partial charge in [0.1, 0.15) is 0 Å². The Balaban J connectivity index is 1.75. The van der Waals surface area contributed by atoms with Gasteiger partial charge >= 0.3 is 5.97 Å². The largest absolute Gasteiger partial charge is 0.481 e. The molecule has 22 heavy (non-hydrogen) atoms. The Hall–Kier alpha value is -0.790. The van der Waals surface area contributed by atoms with E-state index in [9.17, 15) is 9.90 Å². The first-order valence-corrected chi connectivity index (χ1v) is 9.23. The second kappa shape index (κ2) is 4.39. The Labute approximate surface area is 134 Å². The lowest BCUT2D eigenvalue weighted by Crippen LogP contribution is -2.58. The highest BCUT2D eigenvalue weighted by Gasteiger charge is 2.64. The fraction of sp³-hybridized carbons (Fsp3) is 0.850. The normalized spacial score (nSPS) is 53.7. The molecule has 0 amide bonds. The van der Waals surface area contributed by atoms with Crippen LogP contribution < -0.4 is 0 Å². The molecule has 6 atom stereocenters. The van der Waals surface area contributed by atoms with Crippen molar-refractivity contribution >= 4 is 5.97 Å². The van der Waals surface area contributed by atoms with Gasteiger partial charge in [-0.15, -0.1) is 0 Å². The van der Waals surface area contributed by atoms with Crippen LogP contribution in [-0.4, -0.2) is 11.1 Å². The van der Waals surface area contributed by atoms with Crippen LogP contribution in [0, 0.1) is 34.0 Å². The lowest BCUT2D eigenvalue weighted by atomic mass is 9.41. The number of hydrogen-bond donors (Lipinski definition) is 1. The second-order valence-electron chi connectivity index (χ2n) is 9.40. The van der Waals surface area contributed by atoms with Crippen LogP contribution in [0.5, 0.6) is 0 Å². The van der Waals surface area contributed by atoms with Crippen LogP contribution in [0.2, 0.25) is 0 Å². The van der Waals surface area contributed by atoms with E-state index >= 15 is 0 Å². The highest BCUT2D eigenvalue weighted by atomic mass is 16.4. The minimum absolute atomic E-state index is 0.235. The first-order chi connectivity index (χ1) is 10.3. The molecule has 2 nitrogen and oxygen atoms in total. The van der Waals surface area contributed by atoms with E-state index in [1.165, 1.54) is 44.1 Å². The number of carbonyl (C=O) groups is 1. The summed E-state index contributed by atoms with van der Waals surface area (Å²) in [5.41, 5.74) is 1.71. The first kappa shape index (κ1) is 14.8. The van der Waals surface area contributed by atoms with Crippen LogP contribution in [0.25, 0.3) is 0 Å². The average Bonchev–Trinajstić information content (AvgIpc) is 2.68. The Morgan fingerprint density at radius 2 is 1.91 bits per heavy atom. The highest BCUT2D eigenvalue weighted by Crippen LogP contribution is 2.72. The molecule has 0 saturated heterocycles. The fourth-order valence-electron chi connectivity index (χ4n) is 7.61. The molecule has 0 radical (unpaired) electrons.